The molecule has 0 amide bonds. The van der Waals surface area contributed by atoms with E-state index in [1.165, 1.54) is 43.5 Å². The number of allylic oxidation sites excluding steroid dienone is 4. The van der Waals surface area contributed by atoms with Crippen LogP contribution in [0.5, 0.6) is 0 Å². The number of carbonyl (C=O) groups excluding carboxylic acids is 3. The molecule has 1 atom stereocenters. The number of hydrogen-bond acceptors (Lipinski definition) is 21. The Labute approximate surface area is 613 Å². The van der Waals surface area contributed by atoms with Crippen molar-refractivity contribution in [3.63, 3.8) is 0 Å². The van der Waals surface area contributed by atoms with Gasteiger partial charge in [-0.1, -0.05) is 36.8 Å². The molecule has 0 bridgehead atoms. The lowest BCUT2D eigenvalue weighted by Crippen LogP contribution is -2.30. The molecule has 5 fully saturated rings. The topological polar surface area (TPSA) is 382 Å². The highest BCUT2D eigenvalue weighted by molar-refractivity contribution is 7.58. The molecule has 5 saturated carbocycles. The van der Waals surface area contributed by atoms with Crippen LogP contribution in [0.1, 0.15) is 190 Å². The molecule has 0 radical (unpaired) electrons. The molecule has 0 aromatic carbocycles. The maximum Gasteiger partial charge on any atom is 0.312 e. The fourth-order valence-electron chi connectivity index (χ4n) is 13.0. The van der Waals surface area contributed by atoms with Crippen molar-refractivity contribution in [3.05, 3.63) is 116 Å². The van der Waals surface area contributed by atoms with Crippen LogP contribution in [-0.4, -0.2) is 112 Å². The molecule has 0 aliphatic heterocycles. The number of nitriles is 5. The molecule has 5 aliphatic rings. The first kappa shape index (κ1) is 79.9. The zero-order valence-electron chi connectivity index (χ0n) is 61.6. The quantitative estimate of drug-likeness (QED) is 0.0580. The standard InChI is InChI=1S/C22H26N6O2.C16H16N6.C15H17N5O2.2C7H9N.C5H10NO2P.C5H8O/c1-21(2,3)20(29)30-15-27-11-6-17-18(13-24-26-19(17)27)16-12-25-28(14-16)22(9-10-23)7-4-5-8-22;17-7-6-16(4-1-2-5-16)22-11-12(9-20-22)14-10-19-21-15-13(14)3-8-18-15;1-15(2,3)14(21)22-9-20-5-4-11-12(8-18-19-13(11)20)10-6-16-17-7-10;2*8-6-5-7-3-1-2-4-7;1-3-8-9(2,7)5-4-6;6-5-3-1-2-4-5/h6,11-14H,4-5,7-9,15H2,1-3H3;3,8-11H,1-2,4-6H2,(H,18,21);4-8H,9H2,1-3H3,(H,16,17);2*5H,1-4H2;3,5H2,1-2H3;1-4H2. The van der Waals surface area contributed by atoms with Gasteiger partial charge in [0.25, 0.3) is 0 Å². The fraction of sp³-hybridized carbons (Fsp3) is 0.494. The zero-order chi connectivity index (χ0) is 75.5. The van der Waals surface area contributed by atoms with Gasteiger partial charge < -0.3 is 19.0 Å². The van der Waals surface area contributed by atoms with Crippen molar-refractivity contribution >= 4 is 58.2 Å². The third-order valence-corrected chi connectivity index (χ3v) is 20.3. The number of aromatic nitrogens is 15. The summed E-state index contributed by atoms with van der Waals surface area (Å²) in [6.45, 7) is 14.8. The van der Waals surface area contributed by atoms with Gasteiger partial charge in [-0.15, -0.1) is 15.3 Å². The van der Waals surface area contributed by atoms with Crippen LogP contribution in [0.3, 0.4) is 0 Å². The third kappa shape index (κ3) is 22.1. The molecule has 0 spiro atoms. The summed E-state index contributed by atoms with van der Waals surface area (Å²) in [4.78, 5) is 37.3. The van der Waals surface area contributed by atoms with E-state index in [0.29, 0.717) is 36.5 Å². The van der Waals surface area contributed by atoms with Crippen LogP contribution >= 0.6 is 7.37 Å². The van der Waals surface area contributed by atoms with E-state index in [2.05, 4.69) is 68.1 Å². The van der Waals surface area contributed by atoms with Crippen LogP contribution < -0.4 is 0 Å². The Morgan fingerprint density at radius 2 is 1.02 bits per heavy atom. The molecule has 28 heteroatoms. The first-order valence-electron chi connectivity index (χ1n) is 35.8. The minimum absolute atomic E-state index is 0.0147. The summed E-state index contributed by atoms with van der Waals surface area (Å²) < 4.78 is 34.0. The largest absolute Gasteiger partial charge is 0.443 e. The first-order valence-corrected chi connectivity index (χ1v) is 38.1. The number of aromatic amines is 2. The summed E-state index contributed by atoms with van der Waals surface area (Å²) in [7, 11) is -2.55. The first-order chi connectivity index (χ1) is 50.5. The average molecular weight is 1440 g/mol. The van der Waals surface area contributed by atoms with E-state index in [-0.39, 0.29) is 42.6 Å². The van der Waals surface area contributed by atoms with Crippen LogP contribution in [0, 0.1) is 67.5 Å². The normalized spacial score (nSPS) is 16.0. The number of nitrogens with zero attached hydrogens (tertiary/aromatic N) is 18. The van der Waals surface area contributed by atoms with E-state index in [4.69, 9.17) is 29.8 Å². The molecule has 0 saturated heterocycles. The second kappa shape index (κ2) is 38.1. The molecule has 5 aliphatic carbocycles. The van der Waals surface area contributed by atoms with E-state index in [0.717, 1.165) is 158 Å². The van der Waals surface area contributed by atoms with Gasteiger partial charge in [-0.2, -0.15) is 56.9 Å². The summed E-state index contributed by atoms with van der Waals surface area (Å²) in [6.07, 6.45) is 48.7. The SMILES string of the molecule is CC(C)(C)C(=O)OCn1ccc2c(-c3cn[nH]c3)cnnc21.CC(C)(C)C(=O)OCn1ccc2c(-c3cnn(C4(CC#N)CCCC4)c3)cnnc21.CCOP(C)(=O)CC#N.N#CC=C1CCCC1.N#CC=C1CCCC1.N#CCC1(n2cc(-c3cnnc4[nH]ccc34)cn2)CCCC1.O=C1CCCC1. The molecule has 27 nitrogen and oxygen atoms in total. The van der Waals surface area contributed by atoms with Crippen molar-refractivity contribution in [3.8, 4) is 63.7 Å². The Kier molecular flexibility index (Phi) is 29.0. The van der Waals surface area contributed by atoms with Crippen LogP contribution in [0.4, 0.5) is 0 Å². The van der Waals surface area contributed by atoms with E-state index < -0.39 is 18.2 Å². The second-order valence-electron chi connectivity index (χ2n) is 28.8. The number of ether oxygens (including phenoxy) is 2. The molecule has 9 heterocycles. The minimum atomic E-state index is -2.55. The van der Waals surface area contributed by atoms with Crippen molar-refractivity contribution in [2.45, 2.75) is 214 Å². The third-order valence-electron chi connectivity index (χ3n) is 18.8. The van der Waals surface area contributed by atoms with Gasteiger partial charge in [-0.3, -0.25) is 42.5 Å². The summed E-state index contributed by atoms with van der Waals surface area (Å²) in [5, 5.41) is 86.5. The number of Topliss-reactive ketones (excluding diaryl/α,β-unsaturated/α-hetero) is 1. The van der Waals surface area contributed by atoms with Gasteiger partial charge in [0.05, 0.1) is 109 Å². The number of rotatable bonds is 14. The van der Waals surface area contributed by atoms with Gasteiger partial charge in [-0.05, 0) is 157 Å². The molecular formula is C77H95N20O7P. The van der Waals surface area contributed by atoms with Gasteiger partial charge in [-0.25, -0.2) is 0 Å². The molecule has 9 aromatic heterocycles. The van der Waals surface area contributed by atoms with Gasteiger partial charge in [0.2, 0.25) is 7.37 Å². The molecule has 2 N–H and O–H groups in total. The van der Waals surface area contributed by atoms with E-state index >= 15 is 0 Å². The van der Waals surface area contributed by atoms with E-state index in [1.807, 2.05) is 125 Å². The fourth-order valence-corrected chi connectivity index (χ4v) is 13.9. The Hall–Kier alpha value is -10.8. The van der Waals surface area contributed by atoms with Crippen molar-refractivity contribution in [1.82, 2.24) is 74.5 Å². The highest BCUT2D eigenvalue weighted by Crippen LogP contribution is 2.43. The van der Waals surface area contributed by atoms with E-state index in [1.54, 1.807) is 65.3 Å². The van der Waals surface area contributed by atoms with Crippen molar-refractivity contribution in [1.29, 1.82) is 26.3 Å². The summed E-state index contributed by atoms with van der Waals surface area (Å²) in [5.74, 6) is -0.0719. The Morgan fingerprint density at radius 3 is 1.41 bits per heavy atom. The number of fused-ring (bicyclic) bond motifs is 3. The molecule has 1 unspecified atom stereocenters. The van der Waals surface area contributed by atoms with Gasteiger partial charge in [0.15, 0.2) is 30.4 Å². The van der Waals surface area contributed by atoms with Crippen molar-refractivity contribution in [2.24, 2.45) is 10.8 Å². The predicted octanol–water partition coefficient (Wildman–Crippen LogP) is 16.0. The predicted molar refractivity (Wildman–Crippen MR) is 397 cm³/mol. The van der Waals surface area contributed by atoms with Gasteiger partial charge in [0.1, 0.15) is 11.9 Å². The Bertz CT molecular complexity index is 4640. The lowest BCUT2D eigenvalue weighted by atomic mass is 9.94. The molecule has 9 aromatic rings. The van der Waals surface area contributed by atoms with E-state index in [9.17, 15) is 29.5 Å². The smallest absolute Gasteiger partial charge is 0.312 e. The number of H-pyrrole nitrogens is 2. The van der Waals surface area contributed by atoms with Crippen molar-refractivity contribution < 1.29 is 32.9 Å². The van der Waals surface area contributed by atoms with Crippen LogP contribution in [0.25, 0.3) is 66.5 Å². The number of hydrogen-bond donors (Lipinski definition) is 2. The molecule has 14 rings (SSSR count). The molecule has 105 heavy (non-hydrogen) atoms. The van der Waals surface area contributed by atoms with Crippen LogP contribution in [0.15, 0.2) is 116 Å². The highest BCUT2D eigenvalue weighted by Gasteiger charge is 2.38. The Morgan fingerprint density at radius 1 is 0.581 bits per heavy atom. The average Bonchev–Trinajstić information content (AvgIpc) is 1.65. The Balaban J connectivity index is 0.000000167. The highest BCUT2D eigenvalue weighted by atomic mass is 31.2. The van der Waals surface area contributed by atoms with Gasteiger partial charge >= 0.3 is 11.9 Å². The molecular weight excluding hydrogens is 1350 g/mol. The number of ketones is 1. The van der Waals surface area contributed by atoms with Gasteiger partial charge in [0, 0.05) is 118 Å². The lowest BCUT2D eigenvalue weighted by Gasteiger charge is -2.26. The van der Waals surface area contributed by atoms with Crippen LogP contribution in [-0.2, 0) is 57.5 Å². The zero-order valence-corrected chi connectivity index (χ0v) is 62.4. The number of nitrogens with one attached hydrogen (secondary N) is 2. The minimum Gasteiger partial charge on any atom is -0.443 e. The van der Waals surface area contributed by atoms with Crippen LogP contribution in [0.2, 0.25) is 0 Å². The maximum atomic E-state index is 12.1. The summed E-state index contributed by atoms with van der Waals surface area (Å²) in [6, 6.07) is 16.4. The summed E-state index contributed by atoms with van der Waals surface area (Å²) in [5.41, 5.74) is 9.08. The van der Waals surface area contributed by atoms with Crippen molar-refractivity contribution in [2.75, 3.05) is 19.4 Å². The monoisotopic (exact) mass is 1440 g/mol. The second-order valence-corrected chi connectivity index (χ2v) is 31.4. The maximum absolute atomic E-state index is 12.1. The number of carbonyl (C=O) groups is 3. The lowest BCUT2D eigenvalue weighted by molar-refractivity contribution is -0.157. The number of esters is 2. The molecule has 550 valence electrons. The summed E-state index contributed by atoms with van der Waals surface area (Å²) >= 11 is 0.